The molecule has 0 amide bonds. The SMILES string of the molecule is CCc1cccc(C)c1-n1c(C)cc(C=Nc2ccc(C(=O)O)cc2C)c1C. The Morgan fingerprint density at radius 3 is 2.46 bits per heavy atom. The Balaban J connectivity index is 2.02. The van der Waals surface area contributed by atoms with Gasteiger partial charge in [0.15, 0.2) is 0 Å². The van der Waals surface area contributed by atoms with Gasteiger partial charge in [0, 0.05) is 23.2 Å². The first kappa shape index (κ1) is 19.6. The molecule has 0 aliphatic carbocycles. The van der Waals surface area contributed by atoms with Crippen molar-refractivity contribution >= 4 is 17.9 Å². The average Bonchev–Trinajstić information content (AvgIpc) is 2.94. The maximum atomic E-state index is 11.1. The highest BCUT2D eigenvalue weighted by Gasteiger charge is 2.14. The second-order valence-electron chi connectivity index (χ2n) is 7.16. The summed E-state index contributed by atoms with van der Waals surface area (Å²) in [6.45, 7) is 10.4. The fourth-order valence-electron chi connectivity index (χ4n) is 3.66. The molecule has 3 aromatic rings. The van der Waals surface area contributed by atoms with Gasteiger partial charge in [0.25, 0.3) is 0 Å². The number of aromatic carboxylic acids is 1. The lowest BCUT2D eigenvalue weighted by Gasteiger charge is -2.17. The number of benzene rings is 2. The maximum absolute atomic E-state index is 11.1. The highest BCUT2D eigenvalue weighted by molar-refractivity contribution is 5.89. The van der Waals surface area contributed by atoms with Crippen LogP contribution in [0.4, 0.5) is 5.69 Å². The molecule has 0 fully saturated rings. The maximum Gasteiger partial charge on any atom is 0.335 e. The molecule has 0 radical (unpaired) electrons. The van der Waals surface area contributed by atoms with Crippen molar-refractivity contribution in [3.63, 3.8) is 0 Å². The van der Waals surface area contributed by atoms with Gasteiger partial charge >= 0.3 is 5.97 Å². The predicted octanol–water partition coefficient (Wildman–Crippen LogP) is 5.72. The summed E-state index contributed by atoms with van der Waals surface area (Å²) in [6, 6.07) is 13.6. The third kappa shape index (κ3) is 3.63. The molecule has 28 heavy (non-hydrogen) atoms. The van der Waals surface area contributed by atoms with Crippen LogP contribution in [0.25, 0.3) is 5.69 Å². The Morgan fingerprint density at radius 1 is 1.07 bits per heavy atom. The van der Waals surface area contributed by atoms with Crippen LogP contribution in [0.2, 0.25) is 0 Å². The molecule has 0 atom stereocenters. The lowest BCUT2D eigenvalue weighted by molar-refractivity contribution is 0.0697. The Morgan fingerprint density at radius 2 is 1.82 bits per heavy atom. The summed E-state index contributed by atoms with van der Waals surface area (Å²) in [7, 11) is 0. The molecule has 4 heteroatoms. The van der Waals surface area contributed by atoms with E-state index in [1.54, 1.807) is 18.2 Å². The van der Waals surface area contributed by atoms with Crippen LogP contribution >= 0.6 is 0 Å². The summed E-state index contributed by atoms with van der Waals surface area (Å²) in [5.74, 6) is -0.924. The summed E-state index contributed by atoms with van der Waals surface area (Å²) in [5.41, 5.74) is 9.10. The number of aromatic nitrogens is 1. The zero-order chi connectivity index (χ0) is 20.4. The van der Waals surface area contributed by atoms with Crippen molar-refractivity contribution in [2.45, 2.75) is 41.0 Å². The van der Waals surface area contributed by atoms with Crippen molar-refractivity contribution in [1.29, 1.82) is 0 Å². The first-order valence-electron chi connectivity index (χ1n) is 9.49. The quantitative estimate of drug-likeness (QED) is 0.581. The fraction of sp³-hybridized carbons (Fsp3) is 0.250. The van der Waals surface area contributed by atoms with Crippen LogP contribution in [0, 0.1) is 27.7 Å². The van der Waals surface area contributed by atoms with Gasteiger partial charge in [0.05, 0.1) is 16.9 Å². The molecule has 1 N–H and O–H groups in total. The van der Waals surface area contributed by atoms with Gasteiger partial charge in [-0.2, -0.15) is 0 Å². The van der Waals surface area contributed by atoms with Crippen LogP contribution in [0.3, 0.4) is 0 Å². The molecule has 0 aliphatic rings. The van der Waals surface area contributed by atoms with Crippen LogP contribution < -0.4 is 0 Å². The fourth-order valence-corrected chi connectivity index (χ4v) is 3.66. The van der Waals surface area contributed by atoms with Gasteiger partial charge in [0.1, 0.15) is 0 Å². The molecule has 0 unspecified atom stereocenters. The molecule has 3 rings (SSSR count). The molecule has 0 spiro atoms. The highest BCUT2D eigenvalue weighted by atomic mass is 16.4. The molecule has 4 nitrogen and oxygen atoms in total. The molecule has 1 aromatic heterocycles. The van der Waals surface area contributed by atoms with Crippen molar-refractivity contribution in [2.24, 2.45) is 4.99 Å². The number of carboxylic acids is 1. The third-order valence-corrected chi connectivity index (χ3v) is 5.18. The second kappa shape index (κ2) is 7.85. The molecular formula is C24H26N2O2. The van der Waals surface area contributed by atoms with Gasteiger partial charge in [0.2, 0.25) is 0 Å². The highest BCUT2D eigenvalue weighted by Crippen LogP contribution is 2.27. The van der Waals surface area contributed by atoms with Crippen LogP contribution in [0.5, 0.6) is 0 Å². The van der Waals surface area contributed by atoms with E-state index < -0.39 is 5.97 Å². The van der Waals surface area contributed by atoms with E-state index >= 15 is 0 Å². The standard InChI is InChI=1S/C24H26N2O2/c1-6-19-9-7-8-15(2)23(19)26-17(4)13-21(18(26)5)14-25-22-11-10-20(24(27)28)12-16(22)3/h7-14H,6H2,1-5H3,(H,27,28). The number of hydrogen-bond donors (Lipinski definition) is 1. The van der Waals surface area contributed by atoms with Crippen LogP contribution in [0.1, 0.15) is 50.9 Å². The molecule has 0 saturated carbocycles. The number of nitrogens with zero attached hydrogens (tertiary/aromatic N) is 2. The number of aliphatic imine (C=N–C) groups is 1. The van der Waals surface area contributed by atoms with E-state index in [9.17, 15) is 4.79 Å². The van der Waals surface area contributed by atoms with Gasteiger partial charge in [-0.25, -0.2) is 4.79 Å². The van der Waals surface area contributed by atoms with E-state index in [1.807, 2.05) is 13.1 Å². The molecule has 0 bridgehead atoms. The smallest absolute Gasteiger partial charge is 0.335 e. The van der Waals surface area contributed by atoms with E-state index in [2.05, 4.69) is 61.5 Å². The first-order chi connectivity index (χ1) is 13.3. The summed E-state index contributed by atoms with van der Waals surface area (Å²) in [4.78, 5) is 15.7. The zero-order valence-electron chi connectivity index (χ0n) is 17.1. The van der Waals surface area contributed by atoms with Gasteiger partial charge in [-0.05, 0) is 75.1 Å². The summed E-state index contributed by atoms with van der Waals surface area (Å²) < 4.78 is 2.30. The lowest BCUT2D eigenvalue weighted by atomic mass is 10.1. The Hall–Kier alpha value is -3.14. The largest absolute Gasteiger partial charge is 0.478 e. The summed E-state index contributed by atoms with van der Waals surface area (Å²) in [5, 5.41) is 9.11. The summed E-state index contributed by atoms with van der Waals surface area (Å²) >= 11 is 0. The average molecular weight is 374 g/mol. The Bertz CT molecular complexity index is 1070. The van der Waals surface area contributed by atoms with E-state index in [0.717, 1.165) is 28.9 Å². The molecule has 0 saturated heterocycles. The first-order valence-corrected chi connectivity index (χ1v) is 9.49. The zero-order valence-corrected chi connectivity index (χ0v) is 17.1. The Labute approximate surface area is 166 Å². The minimum atomic E-state index is -0.924. The van der Waals surface area contributed by atoms with E-state index in [0.29, 0.717) is 0 Å². The molecular weight excluding hydrogens is 348 g/mol. The lowest BCUT2D eigenvalue weighted by Crippen LogP contribution is -2.05. The van der Waals surface area contributed by atoms with Gasteiger partial charge in [-0.1, -0.05) is 25.1 Å². The number of hydrogen-bond acceptors (Lipinski definition) is 2. The van der Waals surface area contributed by atoms with Crippen molar-refractivity contribution in [2.75, 3.05) is 0 Å². The normalized spacial score (nSPS) is 11.3. The van der Waals surface area contributed by atoms with Gasteiger partial charge < -0.3 is 9.67 Å². The number of aryl methyl sites for hydroxylation is 4. The van der Waals surface area contributed by atoms with Crippen molar-refractivity contribution in [3.8, 4) is 5.69 Å². The van der Waals surface area contributed by atoms with Crippen molar-refractivity contribution < 1.29 is 9.90 Å². The van der Waals surface area contributed by atoms with E-state index in [4.69, 9.17) is 5.11 Å². The number of carboxylic acid groups (broad SMARTS) is 1. The second-order valence-corrected chi connectivity index (χ2v) is 7.16. The van der Waals surface area contributed by atoms with E-state index in [1.165, 1.54) is 22.5 Å². The molecule has 0 aliphatic heterocycles. The Kier molecular flexibility index (Phi) is 5.50. The molecule has 2 aromatic carbocycles. The van der Waals surface area contributed by atoms with Crippen LogP contribution in [0.15, 0.2) is 47.5 Å². The van der Waals surface area contributed by atoms with Crippen LogP contribution in [-0.2, 0) is 6.42 Å². The number of rotatable bonds is 5. The molecule has 1 heterocycles. The summed E-state index contributed by atoms with van der Waals surface area (Å²) in [6.07, 6.45) is 2.85. The molecule has 144 valence electrons. The van der Waals surface area contributed by atoms with E-state index in [-0.39, 0.29) is 5.56 Å². The van der Waals surface area contributed by atoms with Crippen molar-refractivity contribution in [3.05, 3.63) is 81.7 Å². The minimum absolute atomic E-state index is 0.279. The van der Waals surface area contributed by atoms with Crippen molar-refractivity contribution in [1.82, 2.24) is 4.57 Å². The van der Waals surface area contributed by atoms with Gasteiger partial charge in [-0.15, -0.1) is 0 Å². The predicted molar refractivity (Wildman–Crippen MR) is 115 cm³/mol. The van der Waals surface area contributed by atoms with Crippen LogP contribution in [-0.4, -0.2) is 21.9 Å². The minimum Gasteiger partial charge on any atom is -0.478 e. The number of carbonyl (C=O) groups is 1. The topological polar surface area (TPSA) is 54.6 Å². The monoisotopic (exact) mass is 374 g/mol. The number of para-hydroxylation sites is 1. The third-order valence-electron chi connectivity index (χ3n) is 5.18. The van der Waals surface area contributed by atoms with Gasteiger partial charge in [-0.3, -0.25) is 4.99 Å².